The lowest BCUT2D eigenvalue weighted by Crippen LogP contribution is -2.18. The van der Waals surface area contributed by atoms with Crippen LogP contribution in [0, 0.1) is 0 Å². The number of benzene rings is 1. The summed E-state index contributed by atoms with van der Waals surface area (Å²) >= 11 is 3.60. The van der Waals surface area contributed by atoms with Gasteiger partial charge in [0.2, 0.25) is 0 Å². The number of aromatic nitrogens is 1. The van der Waals surface area contributed by atoms with Crippen LogP contribution in [0.25, 0.3) is 0 Å². The Kier molecular flexibility index (Phi) is 5.23. The zero-order valence-electron chi connectivity index (χ0n) is 11.6. The van der Waals surface area contributed by atoms with Crippen LogP contribution in [0.2, 0.25) is 0 Å². The zero-order chi connectivity index (χ0) is 13.7. The van der Waals surface area contributed by atoms with Crippen LogP contribution in [0.3, 0.4) is 0 Å². The van der Waals surface area contributed by atoms with E-state index in [4.69, 9.17) is 0 Å². The van der Waals surface area contributed by atoms with Crippen LogP contribution in [-0.4, -0.2) is 11.1 Å². The van der Waals surface area contributed by atoms with Crippen LogP contribution in [0.4, 0.5) is 0 Å². The second kappa shape index (κ2) is 6.92. The minimum Gasteiger partial charge on any atom is -0.350 e. The fraction of sp³-hybridized carbons (Fsp3) is 0.375. The largest absolute Gasteiger partial charge is 0.350 e. The van der Waals surface area contributed by atoms with Gasteiger partial charge in [0.15, 0.2) is 0 Å². The van der Waals surface area contributed by atoms with Crippen LogP contribution in [0.5, 0.6) is 0 Å². The summed E-state index contributed by atoms with van der Waals surface area (Å²) in [4.78, 5) is 0. The molecule has 0 aliphatic heterocycles. The summed E-state index contributed by atoms with van der Waals surface area (Å²) < 4.78 is 3.40. The molecule has 19 heavy (non-hydrogen) atoms. The summed E-state index contributed by atoms with van der Waals surface area (Å²) in [6, 6.07) is 11.0. The van der Waals surface area contributed by atoms with Crippen molar-refractivity contribution < 1.29 is 0 Å². The highest BCUT2D eigenvalue weighted by atomic mass is 79.9. The molecule has 2 nitrogen and oxygen atoms in total. The molecule has 2 rings (SSSR count). The highest BCUT2D eigenvalue weighted by molar-refractivity contribution is 9.10. The van der Waals surface area contributed by atoms with Crippen molar-refractivity contribution in [1.29, 1.82) is 0 Å². The summed E-state index contributed by atoms with van der Waals surface area (Å²) in [6.45, 7) is 6.38. The first-order chi connectivity index (χ1) is 9.20. The maximum atomic E-state index is 3.60. The molecule has 1 atom stereocenters. The van der Waals surface area contributed by atoms with Crippen LogP contribution >= 0.6 is 15.9 Å². The molecular formula is C16H21BrN2. The average molecular weight is 321 g/mol. The van der Waals surface area contributed by atoms with Gasteiger partial charge in [0.05, 0.1) is 0 Å². The molecule has 1 aromatic heterocycles. The maximum Gasteiger partial charge on any atom is 0.0481 e. The Bertz CT molecular complexity index is 519. The number of hydrogen-bond acceptors (Lipinski definition) is 1. The maximum absolute atomic E-state index is 3.60. The molecule has 0 bridgehead atoms. The summed E-state index contributed by atoms with van der Waals surface area (Å²) in [5, 5.41) is 3.51. The quantitative estimate of drug-likeness (QED) is 0.836. The van der Waals surface area contributed by atoms with E-state index in [2.05, 4.69) is 76.3 Å². The highest BCUT2D eigenvalue weighted by Crippen LogP contribution is 2.19. The minimum absolute atomic E-state index is 0.417. The molecule has 3 heteroatoms. The molecule has 1 aromatic carbocycles. The third kappa shape index (κ3) is 3.95. The molecule has 2 aromatic rings. The Hall–Kier alpha value is -1.06. The Morgan fingerprint density at radius 1 is 1.26 bits per heavy atom. The normalized spacial score (nSPS) is 12.6. The molecule has 0 amide bonds. The van der Waals surface area contributed by atoms with Gasteiger partial charge in [-0.15, -0.1) is 0 Å². The van der Waals surface area contributed by atoms with Crippen LogP contribution in [0.15, 0.2) is 47.2 Å². The van der Waals surface area contributed by atoms with Gasteiger partial charge in [-0.2, -0.15) is 0 Å². The zero-order valence-corrected chi connectivity index (χ0v) is 13.2. The fourth-order valence-electron chi connectivity index (χ4n) is 2.12. The third-order valence-corrected chi connectivity index (χ3v) is 4.06. The topological polar surface area (TPSA) is 17.0 Å². The Morgan fingerprint density at radius 3 is 2.79 bits per heavy atom. The van der Waals surface area contributed by atoms with Gasteiger partial charge in [-0.1, -0.05) is 41.1 Å². The predicted octanol–water partition coefficient (Wildman–Crippen LogP) is 4.36. The van der Waals surface area contributed by atoms with E-state index < -0.39 is 0 Å². The Balaban J connectivity index is 2.03. The predicted molar refractivity (Wildman–Crippen MR) is 84.4 cm³/mol. The number of nitrogens with zero attached hydrogens (tertiary/aromatic N) is 1. The van der Waals surface area contributed by atoms with Gasteiger partial charge in [0, 0.05) is 29.5 Å². The highest BCUT2D eigenvalue weighted by Gasteiger charge is 2.06. The van der Waals surface area contributed by atoms with Crippen molar-refractivity contribution in [2.24, 2.45) is 0 Å². The van der Waals surface area contributed by atoms with E-state index in [9.17, 15) is 0 Å². The van der Waals surface area contributed by atoms with E-state index >= 15 is 0 Å². The van der Waals surface area contributed by atoms with Gasteiger partial charge >= 0.3 is 0 Å². The number of nitrogens with one attached hydrogen (secondary N) is 1. The molecule has 0 saturated carbocycles. The molecule has 0 saturated heterocycles. The van der Waals surface area contributed by atoms with E-state index in [0.29, 0.717) is 6.04 Å². The van der Waals surface area contributed by atoms with Crippen molar-refractivity contribution in [2.45, 2.75) is 32.9 Å². The van der Waals surface area contributed by atoms with E-state index in [1.54, 1.807) is 0 Å². The summed E-state index contributed by atoms with van der Waals surface area (Å²) in [7, 11) is 0. The van der Waals surface area contributed by atoms with Crippen LogP contribution in [0.1, 0.15) is 37.4 Å². The van der Waals surface area contributed by atoms with Gasteiger partial charge in [0.1, 0.15) is 0 Å². The van der Waals surface area contributed by atoms with Gasteiger partial charge < -0.3 is 9.88 Å². The van der Waals surface area contributed by atoms with Crippen LogP contribution < -0.4 is 5.32 Å². The average Bonchev–Trinajstić information content (AvgIpc) is 2.87. The summed E-state index contributed by atoms with van der Waals surface area (Å²) in [5.41, 5.74) is 2.65. The fourth-order valence-corrected chi connectivity index (χ4v) is 2.53. The van der Waals surface area contributed by atoms with Crippen molar-refractivity contribution >= 4 is 15.9 Å². The van der Waals surface area contributed by atoms with E-state index in [0.717, 1.165) is 13.1 Å². The molecule has 0 radical (unpaired) electrons. The lowest BCUT2D eigenvalue weighted by atomic mass is 10.2. The molecule has 0 fully saturated rings. The first kappa shape index (κ1) is 14.4. The van der Waals surface area contributed by atoms with Gasteiger partial charge in [0.25, 0.3) is 0 Å². The lowest BCUT2D eigenvalue weighted by molar-refractivity contribution is 0.569. The van der Waals surface area contributed by atoms with Crippen molar-refractivity contribution in [1.82, 2.24) is 9.88 Å². The van der Waals surface area contributed by atoms with E-state index in [1.807, 2.05) is 6.07 Å². The van der Waals surface area contributed by atoms with Crippen molar-refractivity contribution in [3.8, 4) is 0 Å². The first-order valence-corrected chi connectivity index (χ1v) is 7.62. The third-order valence-electron chi connectivity index (χ3n) is 3.28. The van der Waals surface area contributed by atoms with Crippen LogP contribution in [-0.2, 0) is 6.54 Å². The number of hydrogen-bond donors (Lipinski definition) is 1. The van der Waals surface area contributed by atoms with Gasteiger partial charge in [-0.05, 0) is 43.1 Å². The van der Waals surface area contributed by atoms with Gasteiger partial charge in [-0.25, -0.2) is 0 Å². The molecule has 102 valence electrons. The SMILES string of the molecule is CCCNC(C)c1ccn(Cc2ccccc2Br)c1. The standard InChI is InChI=1S/C16H21BrN2/c1-3-9-18-13(2)14-8-10-19(11-14)12-15-6-4-5-7-16(15)17/h4-8,10-11,13,18H,3,9,12H2,1-2H3. The van der Waals surface area contributed by atoms with E-state index in [-0.39, 0.29) is 0 Å². The summed E-state index contributed by atoms with van der Waals surface area (Å²) in [6.07, 6.45) is 5.55. The molecular weight excluding hydrogens is 300 g/mol. The minimum atomic E-state index is 0.417. The van der Waals surface area contributed by atoms with Crippen molar-refractivity contribution in [3.63, 3.8) is 0 Å². The molecule has 0 aliphatic rings. The second-order valence-electron chi connectivity index (χ2n) is 4.88. The first-order valence-electron chi connectivity index (χ1n) is 6.83. The molecule has 1 N–H and O–H groups in total. The molecule has 0 spiro atoms. The lowest BCUT2D eigenvalue weighted by Gasteiger charge is -2.11. The molecule has 1 unspecified atom stereocenters. The monoisotopic (exact) mass is 320 g/mol. The van der Waals surface area contributed by atoms with E-state index in [1.165, 1.54) is 22.0 Å². The number of halogens is 1. The van der Waals surface area contributed by atoms with Crippen molar-refractivity contribution in [2.75, 3.05) is 6.54 Å². The second-order valence-corrected chi connectivity index (χ2v) is 5.74. The Labute approximate surface area is 124 Å². The molecule has 0 aliphatic carbocycles. The number of rotatable bonds is 6. The Morgan fingerprint density at radius 2 is 2.05 bits per heavy atom. The summed E-state index contributed by atoms with van der Waals surface area (Å²) in [5.74, 6) is 0. The smallest absolute Gasteiger partial charge is 0.0481 e. The van der Waals surface area contributed by atoms with Gasteiger partial charge in [-0.3, -0.25) is 0 Å². The van der Waals surface area contributed by atoms with Crippen molar-refractivity contribution in [3.05, 3.63) is 58.3 Å². The molecule has 1 heterocycles.